The lowest BCUT2D eigenvalue weighted by Gasteiger charge is -2.17. The minimum absolute atomic E-state index is 0.0682. The number of hydrogen-bond acceptors (Lipinski definition) is 8. The second-order valence-electron chi connectivity index (χ2n) is 6.75. The number of esters is 1. The van der Waals surface area contributed by atoms with Gasteiger partial charge in [-0.2, -0.15) is 0 Å². The van der Waals surface area contributed by atoms with Crippen molar-refractivity contribution in [1.82, 2.24) is 0 Å². The van der Waals surface area contributed by atoms with Crippen LogP contribution in [0.1, 0.15) is 37.6 Å². The van der Waals surface area contributed by atoms with Crippen molar-refractivity contribution in [1.29, 1.82) is 0 Å². The van der Waals surface area contributed by atoms with E-state index in [-0.39, 0.29) is 33.5 Å². The fourth-order valence-electron chi connectivity index (χ4n) is 2.72. The predicted molar refractivity (Wildman–Crippen MR) is 122 cm³/mol. The van der Waals surface area contributed by atoms with E-state index in [0.29, 0.717) is 19.0 Å². The molecule has 0 saturated heterocycles. The number of hydrogen-bond donors (Lipinski definition) is 1. The molecule has 2 aromatic carbocycles. The molecule has 178 valence electrons. The van der Waals surface area contributed by atoms with E-state index >= 15 is 0 Å². The number of nitrogens with one attached hydrogen (secondary N) is 1. The van der Waals surface area contributed by atoms with Crippen LogP contribution in [0.4, 0.5) is 11.4 Å². The number of nitro benzene ring substituents is 1. The van der Waals surface area contributed by atoms with E-state index < -0.39 is 22.9 Å². The van der Waals surface area contributed by atoms with Crippen LogP contribution in [0.25, 0.3) is 0 Å². The van der Waals surface area contributed by atoms with Crippen molar-refractivity contribution in [3.8, 4) is 17.2 Å². The topological polar surface area (TPSA) is 126 Å². The molecule has 1 amide bonds. The summed E-state index contributed by atoms with van der Waals surface area (Å²) < 4.78 is 21.5. The minimum Gasteiger partial charge on any atom is -0.495 e. The van der Waals surface area contributed by atoms with E-state index in [0.717, 1.165) is 12.5 Å². The highest BCUT2D eigenvalue weighted by Crippen LogP contribution is 2.37. The number of anilines is 1. The second-order valence-corrected chi connectivity index (χ2v) is 7.15. The molecule has 2 aromatic rings. The van der Waals surface area contributed by atoms with Gasteiger partial charge in [0.05, 0.1) is 41.5 Å². The number of non-ortho nitro benzene ring substituents is 1. The smallest absolute Gasteiger partial charge is 0.339 e. The molecule has 0 fully saturated rings. The molecule has 33 heavy (non-hydrogen) atoms. The van der Waals surface area contributed by atoms with Gasteiger partial charge in [0.25, 0.3) is 11.6 Å². The Kier molecular flexibility index (Phi) is 9.29. The first-order chi connectivity index (χ1) is 15.7. The maximum atomic E-state index is 12.6. The first-order valence-corrected chi connectivity index (χ1v) is 10.5. The Labute approximate surface area is 195 Å². The number of carbonyl (C=O) groups excluding carboxylic acids is 2. The lowest BCUT2D eigenvalue weighted by molar-refractivity contribution is -0.384. The average molecular weight is 481 g/mol. The summed E-state index contributed by atoms with van der Waals surface area (Å²) in [5.74, 6) is -0.706. The first kappa shape index (κ1) is 25.7. The summed E-state index contributed by atoms with van der Waals surface area (Å²) >= 11 is 6.27. The number of benzene rings is 2. The van der Waals surface area contributed by atoms with E-state index in [1.807, 2.05) is 6.92 Å². The Morgan fingerprint density at radius 1 is 1.15 bits per heavy atom. The lowest BCUT2D eigenvalue weighted by Crippen LogP contribution is -2.30. The molecular formula is C22H25ClN2O8. The molecule has 11 heteroatoms. The van der Waals surface area contributed by atoms with E-state index in [4.69, 9.17) is 30.5 Å². The van der Waals surface area contributed by atoms with Gasteiger partial charge < -0.3 is 24.3 Å². The molecule has 2 rings (SSSR count). The normalized spacial score (nSPS) is 11.3. The number of ether oxygens (including phenoxy) is 4. The van der Waals surface area contributed by atoms with Crippen LogP contribution < -0.4 is 19.5 Å². The van der Waals surface area contributed by atoms with Gasteiger partial charge in [-0.15, -0.1) is 0 Å². The molecule has 0 saturated carbocycles. The van der Waals surface area contributed by atoms with Crippen molar-refractivity contribution >= 4 is 34.9 Å². The van der Waals surface area contributed by atoms with Crippen LogP contribution in [0, 0.1) is 10.1 Å². The first-order valence-electron chi connectivity index (χ1n) is 10.1. The summed E-state index contributed by atoms with van der Waals surface area (Å²) in [5.41, 5.74) is -0.0993. The Morgan fingerprint density at radius 2 is 1.88 bits per heavy atom. The fraction of sp³-hybridized carbons (Fsp3) is 0.364. The molecule has 0 spiro atoms. The van der Waals surface area contributed by atoms with Crippen molar-refractivity contribution in [3.63, 3.8) is 0 Å². The van der Waals surface area contributed by atoms with Gasteiger partial charge in [0.15, 0.2) is 17.6 Å². The number of nitrogens with zero attached hydrogens (tertiary/aromatic N) is 1. The molecule has 10 nitrogen and oxygen atoms in total. The molecule has 0 aliphatic heterocycles. The molecule has 1 unspecified atom stereocenters. The molecule has 0 radical (unpaired) electrons. The molecule has 0 heterocycles. The summed E-state index contributed by atoms with van der Waals surface area (Å²) in [7, 11) is 1.36. The maximum absolute atomic E-state index is 12.6. The second kappa shape index (κ2) is 11.9. The minimum atomic E-state index is -1.23. The van der Waals surface area contributed by atoms with Crippen molar-refractivity contribution in [2.24, 2.45) is 0 Å². The summed E-state index contributed by atoms with van der Waals surface area (Å²) in [4.78, 5) is 35.6. The van der Waals surface area contributed by atoms with Gasteiger partial charge in [0.2, 0.25) is 0 Å². The van der Waals surface area contributed by atoms with Gasteiger partial charge in [-0.3, -0.25) is 14.9 Å². The summed E-state index contributed by atoms with van der Waals surface area (Å²) in [5, 5.41) is 13.6. The van der Waals surface area contributed by atoms with Crippen LogP contribution in [0.5, 0.6) is 17.2 Å². The molecule has 0 bridgehead atoms. The zero-order chi connectivity index (χ0) is 24.5. The standard InChI is InChI=1S/C22H25ClN2O8/c1-5-9-32-20-16(23)10-14(11-19(20)31-6-2)22(27)33-13(3)21(26)24-17-12-15(25(28)29)7-8-18(17)30-4/h7-8,10-13H,5-6,9H2,1-4H3,(H,24,26). The zero-order valence-corrected chi connectivity index (χ0v) is 19.4. The van der Waals surface area contributed by atoms with E-state index in [1.54, 1.807) is 6.92 Å². The van der Waals surface area contributed by atoms with Crippen LogP contribution in [0.15, 0.2) is 30.3 Å². The molecule has 1 N–H and O–H groups in total. The maximum Gasteiger partial charge on any atom is 0.339 e. The number of halogens is 1. The third-order valence-corrected chi connectivity index (χ3v) is 4.58. The monoisotopic (exact) mass is 480 g/mol. The lowest BCUT2D eigenvalue weighted by atomic mass is 10.2. The largest absolute Gasteiger partial charge is 0.495 e. The highest BCUT2D eigenvalue weighted by Gasteiger charge is 2.23. The van der Waals surface area contributed by atoms with Crippen LogP contribution in [-0.4, -0.2) is 43.2 Å². The van der Waals surface area contributed by atoms with Crippen LogP contribution in [0.3, 0.4) is 0 Å². The molecular weight excluding hydrogens is 456 g/mol. The summed E-state index contributed by atoms with van der Waals surface area (Å²) in [6.07, 6.45) is -0.472. The van der Waals surface area contributed by atoms with Gasteiger partial charge in [-0.05, 0) is 38.5 Å². The van der Waals surface area contributed by atoms with Gasteiger partial charge in [-0.25, -0.2) is 4.79 Å². The van der Waals surface area contributed by atoms with Crippen molar-refractivity contribution in [3.05, 3.63) is 51.0 Å². The predicted octanol–water partition coefficient (Wildman–Crippen LogP) is 4.63. The van der Waals surface area contributed by atoms with Gasteiger partial charge in [0, 0.05) is 12.1 Å². The Hall–Kier alpha value is -3.53. The quantitative estimate of drug-likeness (QED) is 0.280. The molecule has 0 aliphatic rings. The third-order valence-electron chi connectivity index (χ3n) is 4.30. The molecule has 0 aromatic heterocycles. The van der Waals surface area contributed by atoms with E-state index in [1.165, 1.54) is 38.3 Å². The number of carbonyl (C=O) groups is 2. The number of nitro groups is 1. The van der Waals surface area contributed by atoms with Gasteiger partial charge in [0.1, 0.15) is 5.75 Å². The Balaban J connectivity index is 2.17. The Bertz CT molecular complexity index is 1030. The van der Waals surface area contributed by atoms with Crippen molar-refractivity contribution < 1.29 is 33.5 Å². The molecule has 0 aliphatic carbocycles. The zero-order valence-electron chi connectivity index (χ0n) is 18.7. The SMILES string of the molecule is CCCOc1c(Cl)cc(C(=O)OC(C)C(=O)Nc2cc([N+](=O)[O-])ccc2OC)cc1OCC. The molecule has 1 atom stereocenters. The summed E-state index contributed by atoms with van der Waals surface area (Å²) in [6.45, 7) is 5.82. The highest BCUT2D eigenvalue weighted by molar-refractivity contribution is 6.32. The highest BCUT2D eigenvalue weighted by atomic mass is 35.5. The third kappa shape index (κ3) is 6.72. The van der Waals surface area contributed by atoms with Crippen LogP contribution >= 0.6 is 11.6 Å². The van der Waals surface area contributed by atoms with Gasteiger partial charge >= 0.3 is 5.97 Å². The van der Waals surface area contributed by atoms with E-state index in [2.05, 4.69) is 5.32 Å². The summed E-state index contributed by atoms with van der Waals surface area (Å²) in [6, 6.07) is 6.53. The fourth-order valence-corrected chi connectivity index (χ4v) is 2.98. The Morgan fingerprint density at radius 3 is 2.48 bits per heavy atom. The number of rotatable bonds is 11. The number of amides is 1. The van der Waals surface area contributed by atoms with Crippen LogP contribution in [-0.2, 0) is 9.53 Å². The van der Waals surface area contributed by atoms with Crippen molar-refractivity contribution in [2.45, 2.75) is 33.3 Å². The van der Waals surface area contributed by atoms with Crippen molar-refractivity contribution in [2.75, 3.05) is 25.6 Å². The van der Waals surface area contributed by atoms with E-state index in [9.17, 15) is 19.7 Å². The van der Waals surface area contributed by atoms with Crippen LogP contribution in [0.2, 0.25) is 5.02 Å². The average Bonchev–Trinajstić information content (AvgIpc) is 2.78. The number of methoxy groups -OCH3 is 1. The van der Waals surface area contributed by atoms with Gasteiger partial charge in [-0.1, -0.05) is 18.5 Å².